The van der Waals surface area contributed by atoms with Crippen LogP contribution in [0.2, 0.25) is 0 Å². The highest BCUT2D eigenvalue weighted by atomic mass is 16.5. The third-order valence-corrected chi connectivity index (χ3v) is 5.20. The fraction of sp³-hybridized carbons (Fsp3) is 0.667. The van der Waals surface area contributed by atoms with Crippen molar-refractivity contribution in [1.82, 2.24) is 4.90 Å². The first-order valence-electron chi connectivity index (χ1n) is 9.84. The number of carbonyl (C=O) groups excluding carboxylic acids is 1. The molecule has 1 atom stereocenters. The Balaban J connectivity index is 1.80. The lowest BCUT2D eigenvalue weighted by atomic mass is 10.1. The molecule has 144 valence electrons. The smallest absolute Gasteiger partial charge is 0.252 e. The molecule has 1 saturated heterocycles. The summed E-state index contributed by atoms with van der Waals surface area (Å²) in [5.41, 5.74) is 1.07. The van der Waals surface area contributed by atoms with Gasteiger partial charge in [-0.25, -0.2) is 0 Å². The number of methoxy groups -OCH3 is 1. The van der Waals surface area contributed by atoms with Crippen LogP contribution in [0, 0.1) is 0 Å². The molecule has 5 heteroatoms. The number of amides is 1. The Labute approximate surface area is 156 Å². The average molecular weight is 361 g/mol. The average Bonchev–Trinajstić information content (AvgIpc) is 3.32. The Bertz CT molecular complexity index is 604. The van der Waals surface area contributed by atoms with Crippen LogP contribution in [0.1, 0.15) is 57.9 Å². The van der Waals surface area contributed by atoms with Crippen LogP contribution in [-0.4, -0.2) is 42.8 Å². The molecule has 5 nitrogen and oxygen atoms in total. The number of nitrogens with zero attached hydrogens (tertiary/aromatic N) is 1. The Hall–Kier alpha value is -1.75. The molecule has 26 heavy (non-hydrogen) atoms. The second kappa shape index (κ2) is 8.76. The number of hydrogen-bond donors (Lipinski definition) is 0. The van der Waals surface area contributed by atoms with Crippen molar-refractivity contribution in [3.05, 3.63) is 23.8 Å². The Morgan fingerprint density at radius 2 is 1.96 bits per heavy atom. The second-order valence-corrected chi connectivity index (χ2v) is 7.56. The van der Waals surface area contributed by atoms with E-state index in [2.05, 4.69) is 0 Å². The highest BCUT2D eigenvalue weighted by Crippen LogP contribution is 2.32. The SMILES string of the molecule is COc1ccc(CN(C(=O)[C@@H]2CCCO2)C2CCCC2)cc1OC(C)C. The van der Waals surface area contributed by atoms with Gasteiger partial charge >= 0.3 is 0 Å². The zero-order chi connectivity index (χ0) is 18.5. The summed E-state index contributed by atoms with van der Waals surface area (Å²) < 4.78 is 17.0. The maximum Gasteiger partial charge on any atom is 0.252 e. The molecule has 0 unspecified atom stereocenters. The van der Waals surface area contributed by atoms with E-state index in [-0.39, 0.29) is 18.1 Å². The van der Waals surface area contributed by atoms with Gasteiger partial charge in [0.25, 0.3) is 5.91 Å². The molecule has 2 fully saturated rings. The van der Waals surface area contributed by atoms with Gasteiger partial charge in [0, 0.05) is 19.2 Å². The fourth-order valence-electron chi connectivity index (χ4n) is 3.92. The molecule has 0 aromatic heterocycles. The molecule has 0 bridgehead atoms. The zero-order valence-corrected chi connectivity index (χ0v) is 16.2. The minimum absolute atomic E-state index is 0.0682. The van der Waals surface area contributed by atoms with Crippen molar-refractivity contribution >= 4 is 5.91 Å². The predicted octanol–water partition coefficient (Wildman–Crippen LogP) is 3.93. The molecule has 1 heterocycles. The first-order valence-corrected chi connectivity index (χ1v) is 9.84. The van der Waals surface area contributed by atoms with Crippen LogP contribution in [-0.2, 0) is 16.1 Å². The monoisotopic (exact) mass is 361 g/mol. The van der Waals surface area contributed by atoms with Gasteiger partial charge in [0.15, 0.2) is 11.5 Å². The van der Waals surface area contributed by atoms with Crippen LogP contribution >= 0.6 is 0 Å². The largest absolute Gasteiger partial charge is 0.493 e. The normalized spacial score (nSPS) is 20.5. The van der Waals surface area contributed by atoms with E-state index in [4.69, 9.17) is 14.2 Å². The van der Waals surface area contributed by atoms with Crippen molar-refractivity contribution in [3.63, 3.8) is 0 Å². The number of ether oxygens (including phenoxy) is 3. The summed E-state index contributed by atoms with van der Waals surface area (Å²) in [6.45, 7) is 5.29. The Morgan fingerprint density at radius 3 is 2.58 bits per heavy atom. The van der Waals surface area contributed by atoms with Gasteiger partial charge in [-0.05, 0) is 57.2 Å². The van der Waals surface area contributed by atoms with Gasteiger partial charge in [-0.3, -0.25) is 4.79 Å². The van der Waals surface area contributed by atoms with Crippen molar-refractivity contribution in [2.24, 2.45) is 0 Å². The number of hydrogen-bond acceptors (Lipinski definition) is 4. The third-order valence-electron chi connectivity index (χ3n) is 5.20. The first-order chi connectivity index (χ1) is 12.6. The summed E-state index contributed by atoms with van der Waals surface area (Å²) in [6, 6.07) is 6.28. The topological polar surface area (TPSA) is 48.0 Å². The van der Waals surface area contributed by atoms with Gasteiger partial charge in [0.1, 0.15) is 6.10 Å². The summed E-state index contributed by atoms with van der Waals surface area (Å²) >= 11 is 0. The lowest BCUT2D eigenvalue weighted by Crippen LogP contribution is -2.44. The van der Waals surface area contributed by atoms with E-state index in [1.54, 1.807) is 7.11 Å². The molecule has 1 aliphatic carbocycles. The molecule has 1 aliphatic heterocycles. The van der Waals surface area contributed by atoms with Gasteiger partial charge in [0.2, 0.25) is 0 Å². The summed E-state index contributed by atoms with van der Waals surface area (Å²) in [5.74, 6) is 1.60. The summed E-state index contributed by atoms with van der Waals surface area (Å²) in [4.78, 5) is 15.1. The Kier molecular flexibility index (Phi) is 6.41. The second-order valence-electron chi connectivity index (χ2n) is 7.56. The molecule has 0 radical (unpaired) electrons. The van der Waals surface area contributed by atoms with Crippen LogP contribution in [0.15, 0.2) is 18.2 Å². The molecular weight excluding hydrogens is 330 g/mol. The van der Waals surface area contributed by atoms with Crippen molar-refractivity contribution in [3.8, 4) is 11.5 Å². The van der Waals surface area contributed by atoms with E-state index in [1.807, 2.05) is 36.9 Å². The molecule has 3 rings (SSSR count). The lowest BCUT2D eigenvalue weighted by Gasteiger charge is -2.31. The van der Waals surface area contributed by atoms with Crippen LogP contribution < -0.4 is 9.47 Å². The van der Waals surface area contributed by atoms with E-state index in [0.717, 1.165) is 42.7 Å². The summed E-state index contributed by atoms with van der Waals surface area (Å²) in [5, 5.41) is 0. The Morgan fingerprint density at radius 1 is 1.19 bits per heavy atom. The zero-order valence-electron chi connectivity index (χ0n) is 16.2. The highest BCUT2D eigenvalue weighted by molar-refractivity contribution is 5.81. The molecule has 1 aromatic rings. The number of benzene rings is 1. The van der Waals surface area contributed by atoms with E-state index >= 15 is 0 Å². The van der Waals surface area contributed by atoms with Crippen LogP contribution in [0.25, 0.3) is 0 Å². The lowest BCUT2D eigenvalue weighted by molar-refractivity contribution is -0.144. The fourth-order valence-corrected chi connectivity index (χ4v) is 3.92. The van der Waals surface area contributed by atoms with Crippen LogP contribution in [0.3, 0.4) is 0 Å². The van der Waals surface area contributed by atoms with E-state index in [0.29, 0.717) is 19.2 Å². The number of rotatable bonds is 7. The highest BCUT2D eigenvalue weighted by Gasteiger charge is 2.33. The van der Waals surface area contributed by atoms with Crippen LogP contribution in [0.4, 0.5) is 0 Å². The summed E-state index contributed by atoms with van der Waals surface area (Å²) in [6.07, 6.45) is 6.19. The van der Waals surface area contributed by atoms with E-state index in [9.17, 15) is 4.79 Å². The van der Waals surface area contributed by atoms with Gasteiger partial charge in [-0.2, -0.15) is 0 Å². The summed E-state index contributed by atoms with van der Waals surface area (Å²) in [7, 11) is 1.65. The van der Waals surface area contributed by atoms with Gasteiger partial charge in [-0.1, -0.05) is 18.9 Å². The minimum Gasteiger partial charge on any atom is -0.493 e. The van der Waals surface area contributed by atoms with Crippen molar-refractivity contribution < 1.29 is 19.0 Å². The molecule has 0 spiro atoms. The molecular formula is C21H31NO4. The minimum atomic E-state index is -0.264. The van der Waals surface area contributed by atoms with Crippen molar-refractivity contribution in [2.45, 2.75) is 77.2 Å². The van der Waals surface area contributed by atoms with E-state index in [1.165, 1.54) is 12.8 Å². The quantitative estimate of drug-likeness (QED) is 0.738. The van der Waals surface area contributed by atoms with Crippen molar-refractivity contribution in [1.29, 1.82) is 0 Å². The predicted molar refractivity (Wildman–Crippen MR) is 101 cm³/mol. The van der Waals surface area contributed by atoms with Gasteiger partial charge in [0.05, 0.1) is 13.2 Å². The maximum absolute atomic E-state index is 13.1. The van der Waals surface area contributed by atoms with Crippen molar-refractivity contribution in [2.75, 3.05) is 13.7 Å². The molecule has 2 aliphatic rings. The first kappa shape index (κ1) is 19.0. The van der Waals surface area contributed by atoms with Gasteiger partial charge in [-0.15, -0.1) is 0 Å². The van der Waals surface area contributed by atoms with Crippen LogP contribution in [0.5, 0.6) is 11.5 Å². The number of carbonyl (C=O) groups is 1. The molecule has 0 N–H and O–H groups in total. The van der Waals surface area contributed by atoms with Gasteiger partial charge < -0.3 is 19.1 Å². The molecule has 1 amide bonds. The maximum atomic E-state index is 13.1. The molecule has 1 saturated carbocycles. The third kappa shape index (κ3) is 4.50. The van der Waals surface area contributed by atoms with E-state index < -0.39 is 0 Å². The molecule has 1 aromatic carbocycles. The standard InChI is InChI=1S/C21H31NO4/c1-15(2)26-20-13-16(10-11-18(20)24-3)14-22(17-7-4-5-8-17)21(23)19-9-6-12-25-19/h10-11,13,15,17,19H,4-9,12,14H2,1-3H3/t19-/m0/s1.